The quantitative estimate of drug-likeness (QED) is 0.608. The zero-order chi connectivity index (χ0) is 19.5. The van der Waals surface area contributed by atoms with Crippen molar-refractivity contribution in [3.05, 3.63) is 75.6 Å². The first-order valence-corrected chi connectivity index (χ1v) is 10.5. The topological polar surface area (TPSA) is 41.6 Å². The molecule has 4 rings (SSSR count). The van der Waals surface area contributed by atoms with Crippen molar-refractivity contribution in [1.82, 2.24) is 5.32 Å². The van der Waals surface area contributed by atoms with Gasteiger partial charge in [0.1, 0.15) is 12.4 Å². The molecule has 0 atom stereocenters. The van der Waals surface area contributed by atoms with Crippen LogP contribution < -0.4 is 15.0 Å². The molecule has 0 spiro atoms. The molecule has 0 unspecified atom stereocenters. The fourth-order valence-corrected chi connectivity index (χ4v) is 4.31. The Morgan fingerprint density at radius 3 is 2.71 bits per heavy atom. The van der Waals surface area contributed by atoms with Gasteiger partial charge >= 0.3 is 0 Å². The van der Waals surface area contributed by atoms with E-state index in [4.69, 9.17) is 16.3 Å². The first-order valence-electron chi connectivity index (χ1n) is 9.30. The molecule has 0 radical (unpaired) electrons. The molecule has 1 aliphatic rings. The predicted molar refractivity (Wildman–Crippen MR) is 115 cm³/mol. The molecule has 1 N–H and O–H groups in total. The van der Waals surface area contributed by atoms with Crippen LogP contribution in [0.25, 0.3) is 0 Å². The number of nitrogens with zero attached hydrogens (tertiary/aromatic N) is 1. The lowest BCUT2D eigenvalue weighted by atomic mass is 10.1. The summed E-state index contributed by atoms with van der Waals surface area (Å²) in [7, 11) is 0. The molecule has 6 heteroatoms. The van der Waals surface area contributed by atoms with E-state index in [2.05, 4.69) is 41.4 Å². The third-order valence-electron chi connectivity index (χ3n) is 4.75. The van der Waals surface area contributed by atoms with Crippen molar-refractivity contribution in [2.75, 3.05) is 18.1 Å². The van der Waals surface area contributed by atoms with Crippen LogP contribution in [0.5, 0.6) is 5.75 Å². The van der Waals surface area contributed by atoms with Crippen LogP contribution in [0.15, 0.2) is 54.6 Å². The van der Waals surface area contributed by atoms with Crippen molar-refractivity contribution < 1.29 is 9.53 Å². The second-order valence-electron chi connectivity index (χ2n) is 6.60. The standard InChI is InChI=1S/C22H21ClN2O2S/c1-2-15-3-5-16(6-4-15)14-24-22(26)20-9-10-21(28-20)25-11-12-27-19-8-7-17(23)13-18(19)25/h3-10,13H,2,11-12,14H2,1H3,(H,24,26). The fraction of sp³-hybridized carbons (Fsp3) is 0.227. The van der Waals surface area contributed by atoms with E-state index in [0.717, 1.165) is 35.0 Å². The number of carbonyl (C=O) groups is 1. The molecule has 1 aliphatic heterocycles. The molecule has 4 nitrogen and oxygen atoms in total. The highest BCUT2D eigenvalue weighted by Gasteiger charge is 2.22. The molecule has 2 heterocycles. The third-order valence-corrected chi connectivity index (χ3v) is 6.09. The second kappa shape index (κ2) is 8.25. The molecule has 2 aromatic carbocycles. The molecule has 28 heavy (non-hydrogen) atoms. The van der Waals surface area contributed by atoms with Crippen LogP contribution in [0.4, 0.5) is 10.7 Å². The summed E-state index contributed by atoms with van der Waals surface area (Å²) in [5, 5.41) is 4.67. The van der Waals surface area contributed by atoms with Gasteiger partial charge in [-0.05, 0) is 47.9 Å². The number of halogens is 1. The van der Waals surface area contributed by atoms with E-state index in [1.807, 2.05) is 30.3 Å². The zero-order valence-electron chi connectivity index (χ0n) is 15.6. The number of thiophene rings is 1. The van der Waals surface area contributed by atoms with Crippen molar-refractivity contribution in [1.29, 1.82) is 0 Å². The number of ether oxygens (including phenoxy) is 1. The molecule has 0 bridgehead atoms. The summed E-state index contributed by atoms with van der Waals surface area (Å²) in [6.45, 7) is 3.97. The molecular weight excluding hydrogens is 392 g/mol. The van der Waals surface area contributed by atoms with E-state index < -0.39 is 0 Å². The monoisotopic (exact) mass is 412 g/mol. The smallest absolute Gasteiger partial charge is 0.261 e. The molecule has 0 fully saturated rings. The lowest BCUT2D eigenvalue weighted by molar-refractivity contribution is 0.0955. The van der Waals surface area contributed by atoms with Gasteiger partial charge in [-0.3, -0.25) is 4.79 Å². The van der Waals surface area contributed by atoms with Gasteiger partial charge in [0.2, 0.25) is 0 Å². The number of fused-ring (bicyclic) bond motifs is 1. The summed E-state index contributed by atoms with van der Waals surface area (Å²) in [4.78, 5) is 15.4. The van der Waals surface area contributed by atoms with Crippen LogP contribution in [0.3, 0.4) is 0 Å². The third kappa shape index (κ3) is 4.01. The minimum absolute atomic E-state index is 0.0598. The number of carbonyl (C=O) groups excluding carboxylic acids is 1. The maximum absolute atomic E-state index is 12.6. The van der Waals surface area contributed by atoms with E-state index >= 15 is 0 Å². The zero-order valence-corrected chi connectivity index (χ0v) is 17.1. The van der Waals surface area contributed by atoms with Gasteiger partial charge in [-0.1, -0.05) is 42.8 Å². The summed E-state index contributed by atoms with van der Waals surface area (Å²) in [5.74, 6) is 0.751. The summed E-state index contributed by atoms with van der Waals surface area (Å²) in [5.41, 5.74) is 3.33. The van der Waals surface area contributed by atoms with E-state index in [0.29, 0.717) is 23.1 Å². The van der Waals surface area contributed by atoms with Crippen molar-refractivity contribution in [2.45, 2.75) is 19.9 Å². The Hall–Kier alpha value is -2.50. The maximum Gasteiger partial charge on any atom is 0.261 e. The Bertz CT molecular complexity index is 984. The van der Waals surface area contributed by atoms with Crippen LogP contribution in [0.1, 0.15) is 27.7 Å². The number of hydrogen-bond donors (Lipinski definition) is 1. The van der Waals surface area contributed by atoms with Gasteiger partial charge in [-0.25, -0.2) is 0 Å². The Morgan fingerprint density at radius 1 is 1.14 bits per heavy atom. The molecule has 0 saturated heterocycles. The van der Waals surface area contributed by atoms with Crippen LogP contribution in [0, 0.1) is 0 Å². The van der Waals surface area contributed by atoms with E-state index in [1.165, 1.54) is 16.9 Å². The van der Waals surface area contributed by atoms with Gasteiger partial charge in [0.25, 0.3) is 5.91 Å². The molecule has 1 amide bonds. The number of amides is 1. The second-order valence-corrected chi connectivity index (χ2v) is 8.10. The van der Waals surface area contributed by atoms with Gasteiger partial charge in [0.05, 0.1) is 22.1 Å². The molecule has 144 valence electrons. The summed E-state index contributed by atoms with van der Waals surface area (Å²) >= 11 is 7.63. The van der Waals surface area contributed by atoms with Crippen LogP contribution in [-0.4, -0.2) is 19.1 Å². The fourth-order valence-electron chi connectivity index (χ4n) is 3.18. The first-order chi connectivity index (χ1) is 13.6. The largest absolute Gasteiger partial charge is 0.490 e. The summed E-state index contributed by atoms with van der Waals surface area (Å²) < 4.78 is 5.71. The molecule has 3 aromatic rings. The summed E-state index contributed by atoms with van der Waals surface area (Å²) in [6, 6.07) is 17.8. The number of rotatable bonds is 5. The maximum atomic E-state index is 12.6. The first kappa shape index (κ1) is 18.8. The van der Waals surface area contributed by atoms with E-state index in [1.54, 1.807) is 0 Å². The molecule has 1 aromatic heterocycles. The van der Waals surface area contributed by atoms with Gasteiger partial charge in [0.15, 0.2) is 0 Å². The number of aryl methyl sites for hydroxylation is 1. The minimum Gasteiger partial charge on any atom is -0.490 e. The lowest BCUT2D eigenvalue weighted by Crippen LogP contribution is -2.27. The van der Waals surface area contributed by atoms with Gasteiger partial charge in [-0.2, -0.15) is 0 Å². The Labute approximate surface area is 173 Å². The minimum atomic E-state index is -0.0598. The molecule has 0 saturated carbocycles. The SMILES string of the molecule is CCc1ccc(CNC(=O)c2ccc(N3CCOc4ccc(Cl)cc43)s2)cc1. The normalized spacial score (nSPS) is 13.0. The number of nitrogens with one attached hydrogen (secondary N) is 1. The van der Waals surface area contributed by atoms with Crippen molar-refractivity contribution in [3.63, 3.8) is 0 Å². The van der Waals surface area contributed by atoms with E-state index in [9.17, 15) is 4.79 Å². The van der Waals surface area contributed by atoms with Crippen LogP contribution in [0.2, 0.25) is 5.02 Å². The van der Waals surface area contributed by atoms with Crippen LogP contribution >= 0.6 is 22.9 Å². The van der Waals surface area contributed by atoms with E-state index in [-0.39, 0.29) is 5.91 Å². The summed E-state index contributed by atoms with van der Waals surface area (Å²) in [6.07, 6.45) is 1.01. The van der Waals surface area contributed by atoms with Crippen molar-refractivity contribution in [2.24, 2.45) is 0 Å². The average Bonchev–Trinajstić information content (AvgIpc) is 3.22. The highest BCUT2D eigenvalue weighted by molar-refractivity contribution is 7.18. The van der Waals surface area contributed by atoms with Crippen molar-refractivity contribution >= 4 is 39.5 Å². The van der Waals surface area contributed by atoms with Crippen molar-refractivity contribution in [3.8, 4) is 5.75 Å². The lowest BCUT2D eigenvalue weighted by Gasteiger charge is -2.30. The number of hydrogen-bond acceptors (Lipinski definition) is 4. The van der Waals surface area contributed by atoms with Gasteiger partial charge < -0.3 is 15.0 Å². The average molecular weight is 413 g/mol. The predicted octanol–water partition coefficient (Wildman–Crippen LogP) is 5.42. The Balaban J connectivity index is 1.46. The Kier molecular flexibility index (Phi) is 5.55. The highest BCUT2D eigenvalue weighted by Crippen LogP contribution is 2.40. The highest BCUT2D eigenvalue weighted by atomic mass is 35.5. The molecule has 0 aliphatic carbocycles. The number of anilines is 2. The van der Waals surface area contributed by atoms with Crippen LogP contribution in [-0.2, 0) is 13.0 Å². The Morgan fingerprint density at radius 2 is 1.93 bits per heavy atom. The van der Waals surface area contributed by atoms with Gasteiger partial charge in [-0.15, -0.1) is 11.3 Å². The number of benzene rings is 2. The molecular formula is C22H21ClN2O2S. The van der Waals surface area contributed by atoms with Gasteiger partial charge in [0, 0.05) is 11.6 Å².